The number of aryl methyl sites for hydroxylation is 1. The second-order valence-corrected chi connectivity index (χ2v) is 8.28. The van der Waals surface area contributed by atoms with Gasteiger partial charge >= 0.3 is 0 Å². The van der Waals surface area contributed by atoms with E-state index in [-0.39, 0.29) is 17.4 Å². The third-order valence-corrected chi connectivity index (χ3v) is 6.30. The zero-order chi connectivity index (χ0) is 17.3. The van der Waals surface area contributed by atoms with E-state index in [1.807, 2.05) is 30.6 Å². The van der Waals surface area contributed by atoms with Crippen molar-refractivity contribution in [3.8, 4) is 0 Å². The predicted octanol–water partition coefficient (Wildman–Crippen LogP) is 3.72. The molecule has 2 aliphatic rings. The normalized spacial score (nSPS) is 28.0. The van der Waals surface area contributed by atoms with Gasteiger partial charge in [0.1, 0.15) is 0 Å². The summed E-state index contributed by atoms with van der Waals surface area (Å²) in [6.07, 6.45) is 7.29. The van der Waals surface area contributed by atoms with E-state index in [1.165, 1.54) is 0 Å². The summed E-state index contributed by atoms with van der Waals surface area (Å²) in [4.78, 5) is 20.8. The van der Waals surface area contributed by atoms with Crippen molar-refractivity contribution in [2.45, 2.75) is 39.0 Å². The number of fused-ring (bicyclic) bond motifs is 5. The molecule has 2 aliphatic carbocycles. The summed E-state index contributed by atoms with van der Waals surface area (Å²) in [6, 6.07) is 0. The van der Waals surface area contributed by atoms with Gasteiger partial charge in [0.2, 0.25) is 5.70 Å². The zero-order valence-electron chi connectivity index (χ0n) is 13.8. The summed E-state index contributed by atoms with van der Waals surface area (Å²) in [6.45, 7) is 13.5. The highest BCUT2D eigenvalue weighted by Gasteiger charge is 2.54. The Morgan fingerprint density at radius 2 is 2.12 bits per heavy atom. The van der Waals surface area contributed by atoms with E-state index >= 15 is 0 Å². The first-order valence-electron chi connectivity index (χ1n) is 7.97. The summed E-state index contributed by atoms with van der Waals surface area (Å²) < 4.78 is 2.71. The highest BCUT2D eigenvalue weighted by molar-refractivity contribution is 9.10. The smallest absolute Gasteiger partial charge is 0.226 e. The number of rotatable bonds is 0. The van der Waals surface area contributed by atoms with Crippen molar-refractivity contribution >= 4 is 27.4 Å². The van der Waals surface area contributed by atoms with E-state index in [0.717, 1.165) is 34.2 Å². The van der Waals surface area contributed by atoms with Crippen molar-refractivity contribution in [1.82, 2.24) is 14.6 Å². The van der Waals surface area contributed by atoms with Crippen LogP contribution in [0.5, 0.6) is 0 Å². The van der Waals surface area contributed by atoms with Crippen LogP contribution in [0.15, 0.2) is 28.6 Å². The van der Waals surface area contributed by atoms with Crippen LogP contribution in [-0.2, 0) is 16.6 Å². The fourth-order valence-corrected chi connectivity index (χ4v) is 5.02. The zero-order valence-corrected chi connectivity index (χ0v) is 15.4. The highest BCUT2D eigenvalue weighted by atomic mass is 79.9. The molecule has 0 amide bonds. The fourth-order valence-electron chi connectivity index (χ4n) is 4.66. The lowest BCUT2D eigenvalue weighted by molar-refractivity contribution is -0.128. The summed E-state index contributed by atoms with van der Waals surface area (Å²) in [7, 11) is 0. The Morgan fingerprint density at radius 3 is 2.83 bits per heavy atom. The molecule has 0 spiro atoms. The van der Waals surface area contributed by atoms with Crippen molar-refractivity contribution < 1.29 is 4.79 Å². The molecular formula is C18H17BrN4O. The van der Waals surface area contributed by atoms with Crippen molar-refractivity contribution in [2.24, 2.45) is 11.3 Å². The minimum absolute atomic E-state index is 0.0460. The van der Waals surface area contributed by atoms with E-state index in [9.17, 15) is 4.79 Å². The van der Waals surface area contributed by atoms with Crippen molar-refractivity contribution in [3.05, 3.63) is 51.3 Å². The van der Waals surface area contributed by atoms with Gasteiger partial charge in [0.25, 0.3) is 0 Å². The highest BCUT2D eigenvalue weighted by Crippen LogP contribution is 2.54. The molecule has 0 fully saturated rings. The van der Waals surface area contributed by atoms with E-state index in [0.29, 0.717) is 0 Å². The standard InChI is InChI=1S/C18H17BrN4O/c1-17(2)13-6-5-10-8-21-16-11(19)9-22-23(16)14(10)18(13,3)7-12(20-4)15(17)24/h7-9,13H,5-6H2,1-3H3/t13-,18-/m0/s1. The van der Waals surface area contributed by atoms with Crippen LogP contribution >= 0.6 is 15.9 Å². The monoisotopic (exact) mass is 384 g/mol. The van der Waals surface area contributed by atoms with Crippen LogP contribution in [0.25, 0.3) is 10.5 Å². The van der Waals surface area contributed by atoms with Crippen molar-refractivity contribution in [3.63, 3.8) is 0 Å². The molecule has 6 heteroatoms. The molecule has 0 aromatic carbocycles. The van der Waals surface area contributed by atoms with Crippen molar-refractivity contribution in [2.75, 3.05) is 0 Å². The van der Waals surface area contributed by atoms with E-state index in [4.69, 9.17) is 6.57 Å². The SMILES string of the molecule is [C-]#[N+]C1=C[C@]2(C)c3c(cnc4c(Br)cnn34)CC[C@H]2C(C)(C)C1=O. The molecule has 24 heavy (non-hydrogen) atoms. The maximum absolute atomic E-state index is 12.7. The van der Waals surface area contributed by atoms with Gasteiger partial charge in [0.15, 0.2) is 11.4 Å². The molecule has 4 rings (SSSR count). The number of carbonyl (C=O) groups excluding carboxylic acids is 1. The van der Waals surface area contributed by atoms with E-state index in [2.05, 4.69) is 37.8 Å². The molecular weight excluding hydrogens is 368 g/mol. The average molecular weight is 385 g/mol. The Bertz CT molecular complexity index is 965. The van der Waals surface area contributed by atoms with Crippen LogP contribution in [0.3, 0.4) is 0 Å². The van der Waals surface area contributed by atoms with Gasteiger partial charge in [-0.3, -0.25) is 0 Å². The number of halogens is 1. The number of Topliss-reactive ketones (excluding diaryl/α,β-unsaturated/α-hetero) is 1. The number of allylic oxidation sites excluding steroid dienone is 2. The maximum Gasteiger partial charge on any atom is 0.226 e. The average Bonchev–Trinajstić information content (AvgIpc) is 2.92. The van der Waals surface area contributed by atoms with E-state index < -0.39 is 10.8 Å². The van der Waals surface area contributed by atoms with Gasteiger partial charge in [-0.2, -0.15) is 5.10 Å². The number of ketones is 1. The largest absolute Gasteiger partial charge is 0.307 e. The number of hydrogen-bond acceptors (Lipinski definition) is 3. The molecule has 122 valence electrons. The summed E-state index contributed by atoms with van der Waals surface area (Å²) in [5, 5.41) is 4.50. The van der Waals surface area contributed by atoms with Gasteiger partial charge in [-0.1, -0.05) is 26.8 Å². The lowest BCUT2D eigenvalue weighted by Gasteiger charge is -2.50. The Labute approximate surface area is 148 Å². The molecule has 2 aromatic rings. The molecule has 0 unspecified atom stereocenters. The van der Waals surface area contributed by atoms with Crippen LogP contribution in [0, 0.1) is 17.9 Å². The maximum atomic E-state index is 12.7. The first-order valence-corrected chi connectivity index (χ1v) is 8.76. The number of aromatic nitrogens is 3. The first-order chi connectivity index (χ1) is 11.3. The molecule has 0 radical (unpaired) electrons. The van der Waals surface area contributed by atoms with E-state index in [1.54, 1.807) is 6.20 Å². The molecule has 0 saturated carbocycles. The third-order valence-electron chi connectivity index (χ3n) is 5.74. The van der Waals surface area contributed by atoms with Gasteiger partial charge in [-0.15, -0.1) is 0 Å². The second kappa shape index (κ2) is 4.76. The fraction of sp³-hybridized carbons (Fsp3) is 0.444. The Balaban J connectivity index is 2.10. The molecule has 2 atom stereocenters. The lowest BCUT2D eigenvalue weighted by Crippen LogP contribution is -2.51. The predicted molar refractivity (Wildman–Crippen MR) is 93.3 cm³/mol. The topological polar surface area (TPSA) is 51.6 Å². The second-order valence-electron chi connectivity index (χ2n) is 7.43. The molecule has 2 aromatic heterocycles. The van der Waals surface area contributed by atoms with Gasteiger partial charge in [0.05, 0.1) is 22.9 Å². The van der Waals surface area contributed by atoms with Gasteiger partial charge < -0.3 is 4.79 Å². The lowest BCUT2D eigenvalue weighted by atomic mass is 9.53. The van der Waals surface area contributed by atoms with Crippen LogP contribution in [0.4, 0.5) is 0 Å². The number of nitrogens with zero attached hydrogens (tertiary/aromatic N) is 4. The Kier molecular flexibility index (Phi) is 3.08. The summed E-state index contributed by atoms with van der Waals surface area (Å²) in [5.74, 6) is 0.0828. The Morgan fingerprint density at radius 1 is 1.38 bits per heavy atom. The molecule has 0 saturated heterocycles. The minimum Gasteiger partial charge on any atom is -0.307 e. The number of carbonyl (C=O) groups is 1. The number of hydrogen-bond donors (Lipinski definition) is 0. The van der Waals surface area contributed by atoms with Crippen LogP contribution in [-0.4, -0.2) is 20.4 Å². The van der Waals surface area contributed by atoms with Gasteiger partial charge in [-0.05, 0) is 40.3 Å². The minimum atomic E-state index is -0.568. The molecule has 5 nitrogen and oxygen atoms in total. The Hall–Kier alpha value is -2.00. The molecule has 0 bridgehead atoms. The quantitative estimate of drug-likeness (QED) is 0.650. The van der Waals surface area contributed by atoms with Crippen LogP contribution < -0.4 is 0 Å². The molecule has 0 N–H and O–H groups in total. The van der Waals surface area contributed by atoms with Crippen LogP contribution in [0.1, 0.15) is 38.4 Å². The van der Waals surface area contributed by atoms with Crippen LogP contribution in [0.2, 0.25) is 0 Å². The summed E-state index contributed by atoms with van der Waals surface area (Å²) in [5.41, 5.74) is 2.21. The van der Waals surface area contributed by atoms with Gasteiger partial charge in [-0.25, -0.2) is 14.3 Å². The third kappa shape index (κ3) is 1.76. The molecule has 0 aliphatic heterocycles. The molecule has 2 heterocycles. The summed E-state index contributed by atoms with van der Waals surface area (Å²) >= 11 is 3.49. The van der Waals surface area contributed by atoms with Gasteiger partial charge in [0, 0.05) is 17.0 Å². The first kappa shape index (κ1) is 15.5. The van der Waals surface area contributed by atoms with Crippen molar-refractivity contribution in [1.29, 1.82) is 0 Å².